The molecule has 11 heteroatoms. The molecule has 2 saturated heterocycles. The van der Waals surface area contributed by atoms with Gasteiger partial charge in [0, 0.05) is 12.1 Å². The Bertz CT molecular complexity index is 827. The van der Waals surface area contributed by atoms with Crippen LogP contribution in [0.25, 0.3) is 0 Å². The molecule has 10 nitrogen and oxygen atoms in total. The predicted molar refractivity (Wildman–Crippen MR) is 87.2 cm³/mol. The smallest absolute Gasteiger partial charge is 0.347 e. The van der Waals surface area contributed by atoms with Crippen LogP contribution in [-0.2, 0) is 19.5 Å². The molecule has 2 aliphatic rings. The molecular weight excluding hydrogens is 366 g/mol. The number of carbonyl (C=O) groups excluding carboxylic acids is 3. The number of nitrogens with one attached hydrogen (secondary N) is 1. The molecule has 26 heavy (non-hydrogen) atoms. The van der Waals surface area contributed by atoms with Gasteiger partial charge in [-0.2, -0.15) is 13.5 Å². The summed E-state index contributed by atoms with van der Waals surface area (Å²) >= 11 is 0. The predicted octanol–water partition coefficient (Wildman–Crippen LogP) is -0.0115. The third-order valence-corrected chi connectivity index (χ3v) is 4.67. The number of urea groups is 1. The van der Waals surface area contributed by atoms with Crippen LogP contribution in [0.3, 0.4) is 0 Å². The van der Waals surface area contributed by atoms with Gasteiger partial charge in [-0.1, -0.05) is 30.3 Å². The zero-order valence-electron chi connectivity index (χ0n) is 13.6. The Labute approximate surface area is 149 Å². The highest BCUT2D eigenvalue weighted by molar-refractivity contribution is 7.80. The molecule has 2 aliphatic heterocycles. The molecule has 2 atom stereocenters. The van der Waals surface area contributed by atoms with Crippen molar-refractivity contribution in [2.75, 3.05) is 13.1 Å². The summed E-state index contributed by atoms with van der Waals surface area (Å²) in [6.07, 6.45) is 0.607. The molecule has 2 N–H and O–H groups in total. The van der Waals surface area contributed by atoms with Gasteiger partial charge in [0.1, 0.15) is 6.04 Å². The number of carbonyl (C=O) groups is 3. The van der Waals surface area contributed by atoms with Crippen LogP contribution in [0.4, 0.5) is 4.79 Å². The number of hydrogen-bond acceptors (Lipinski definition) is 6. The molecule has 0 saturated carbocycles. The second-order valence-electron chi connectivity index (χ2n) is 6.02. The van der Waals surface area contributed by atoms with E-state index in [0.29, 0.717) is 17.0 Å². The molecule has 140 valence electrons. The Morgan fingerprint density at radius 1 is 1.23 bits per heavy atom. The maximum atomic E-state index is 12.4. The van der Waals surface area contributed by atoms with Gasteiger partial charge in [-0.25, -0.2) is 4.79 Å². The van der Waals surface area contributed by atoms with Gasteiger partial charge in [0.15, 0.2) is 5.78 Å². The van der Waals surface area contributed by atoms with E-state index >= 15 is 0 Å². The van der Waals surface area contributed by atoms with Crippen molar-refractivity contribution in [2.24, 2.45) is 0 Å². The number of rotatable bonds is 6. The van der Waals surface area contributed by atoms with E-state index in [1.165, 1.54) is 4.90 Å². The maximum Gasteiger partial charge on any atom is 0.418 e. The molecule has 3 rings (SSSR count). The van der Waals surface area contributed by atoms with Crippen molar-refractivity contribution in [1.82, 2.24) is 15.3 Å². The quantitative estimate of drug-likeness (QED) is 0.521. The number of Topliss-reactive ketones (excluding diaryl/α,β-unsaturated/α-hetero) is 1. The Morgan fingerprint density at radius 3 is 2.58 bits per heavy atom. The number of ketones is 1. The van der Waals surface area contributed by atoms with Crippen molar-refractivity contribution in [2.45, 2.75) is 24.9 Å². The van der Waals surface area contributed by atoms with E-state index in [-0.39, 0.29) is 25.3 Å². The first kappa shape index (κ1) is 18.3. The van der Waals surface area contributed by atoms with Crippen LogP contribution in [0.2, 0.25) is 0 Å². The number of fused-ring (bicyclic) bond motifs is 2. The van der Waals surface area contributed by atoms with Crippen LogP contribution in [0.1, 0.15) is 23.2 Å². The lowest BCUT2D eigenvalue weighted by Gasteiger charge is -2.29. The lowest BCUT2D eigenvalue weighted by molar-refractivity contribution is -0.125. The van der Waals surface area contributed by atoms with Crippen molar-refractivity contribution in [3.05, 3.63) is 35.9 Å². The average molecular weight is 383 g/mol. The summed E-state index contributed by atoms with van der Waals surface area (Å²) in [6.45, 7) is -0.116. The zero-order valence-corrected chi connectivity index (χ0v) is 14.4. The lowest BCUT2D eigenvalue weighted by Crippen LogP contribution is -2.50. The molecule has 0 spiro atoms. The van der Waals surface area contributed by atoms with E-state index in [1.807, 2.05) is 0 Å². The van der Waals surface area contributed by atoms with E-state index in [4.69, 9.17) is 4.55 Å². The average Bonchev–Trinajstić information content (AvgIpc) is 2.84. The minimum atomic E-state index is -4.84. The third-order valence-electron chi connectivity index (χ3n) is 4.32. The van der Waals surface area contributed by atoms with Crippen molar-refractivity contribution in [3.8, 4) is 0 Å². The molecule has 0 unspecified atom stereocenters. The Morgan fingerprint density at radius 2 is 1.92 bits per heavy atom. The van der Waals surface area contributed by atoms with Crippen molar-refractivity contribution in [3.63, 3.8) is 0 Å². The largest absolute Gasteiger partial charge is 0.418 e. The molecule has 2 fully saturated rings. The lowest BCUT2D eigenvalue weighted by atomic mass is 10.00. The molecule has 3 amide bonds. The van der Waals surface area contributed by atoms with Gasteiger partial charge >= 0.3 is 16.4 Å². The Hall–Kier alpha value is -2.50. The number of nitrogens with zero attached hydrogens (tertiary/aromatic N) is 2. The van der Waals surface area contributed by atoms with E-state index in [1.54, 1.807) is 30.3 Å². The number of hydrogen-bond donors (Lipinski definition) is 2. The molecule has 0 radical (unpaired) electrons. The highest BCUT2D eigenvalue weighted by atomic mass is 32.3. The minimum Gasteiger partial charge on any atom is -0.347 e. The highest BCUT2D eigenvalue weighted by Gasteiger charge is 2.49. The summed E-state index contributed by atoms with van der Waals surface area (Å²) in [5.41, 5.74) is 0.460. The Kier molecular flexibility index (Phi) is 4.94. The van der Waals surface area contributed by atoms with Gasteiger partial charge in [0.25, 0.3) is 0 Å². The second kappa shape index (κ2) is 7.02. The SMILES string of the molecule is O=C(CNC(=O)[C@@H]1CC[C@@H]2CN1C(=O)N2OS(=O)(=O)O)c1ccccc1. The van der Waals surface area contributed by atoms with E-state index in [9.17, 15) is 22.8 Å². The van der Waals surface area contributed by atoms with E-state index < -0.39 is 34.4 Å². The normalized spacial score (nSPS) is 22.4. The molecule has 0 aliphatic carbocycles. The topological polar surface area (TPSA) is 133 Å². The van der Waals surface area contributed by atoms with Crippen molar-refractivity contribution < 1.29 is 31.6 Å². The number of hydroxylamine groups is 2. The first-order valence-electron chi connectivity index (χ1n) is 7.89. The van der Waals surface area contributed by atoms with Crippen LogP contribution in [0, 0.1) is 0 Å². The van der Waals surface area contributed by atoms with Gasteiger partial charge in [0.05, 0.1) is 12.6 Å². The standard InChI is InChI=1S/C15H17N3O7S/c19-13(10-4-2-1-3-5-10)8-16-14(20)12-7-6-11-9-17(12)15(21)18(11)25-26(22,23)24/h1-5,11-12H,6-9H2,(H,16,20)(H,22,23,24)/t11-,12+/m1/s1. The molecular formula is C15H17N3O7S. The molecule has 0 aromatic heterocycles. The van der Waals surface area contributed by atoms with Crippen molar-refractivity contribution >= 4 is 28.1 Å². The monoisotopic (exact) mass is 383 g/mol. The summed E-state index contributed by atoms with van der Waals surface area (Å²) in [5, 5.41) is 3.07. The molecule has 1 aromatic carbocycles. The van der Waals surface area contributed by atoms with Crippen LogP contribution < -0.4 is 5.32 Å². The highest BCUT2D eigenvalue weighted by Crippen LogP contribution is 2.30. The van der Waals surface area contributed by atoms with Gasteiger partial charge in [-0.15, -0.1) is 4.28 Å². The van der Waals surface area contributed by atoms with Crippen molar-refractivity contribution in [1.29, 1.82) is 0 Å². The number of benzene rings is 1. The summed E-state index contributed by atoms with van der Waals surface area (Å²) in [4.78, 5) is 37.8. The molecule has 2 bridgehead atoms. The Balaban J connectivity index is 1.61. The van der Waals surface area contributed by atoms with Gasteiger partial charge in [-0.05, 0) is 12.8 Å². The first-order valence-corrected chi connectivity index (χ1v) is 9.25. The van der Waals surface area contributed by atoms with Crippen LogP contribution >= 0.6 is 0 Å². The van der Waals surface area contributed by atoms with Crippen LogP contribution in [-0.4, -0.2) is 65.8 Å². The molecule has 1 aromatic rings. The van der Waals surface area contributed by atoms with E-state index in [2.05, 4.69) is 9.60 Å². The summed E-state index contributed by atoms with van der Waals surface area (Å²) in [5.74, 6) is -0.772. The number of piperidine rings is 1. The van der Waals surface area contributed by atoms with E-state index in [0.717, 1.165) is 0 Å². The van der Waals surface area contributed by atoms with Gasteiger partial charge < -0.3 is 10.2 Å². The minimum absolute atomic E-state index is 0.0963. The first-order chi connectivity index (χ1) is 12.3. The second-order valence-corrected chi connectivity index (χ2v) is 7.02. The number of amides is 3. The molecule has 2 heterocycles. The summed E-state index contributed by atoms with van der Waals surface area (Å²) in [6, 6.07) is 6.23. The summed E-state index contributed by atoms with van der Waals surface area (Å²) in [7, 11) is -4.84. The fraction of sp³-hybridized carbons (Fsp3) is 0.400. The third kappa shape index (κ3) is 3.84. The van der Waals surface area contributed by atoms with Gasteiger partial charge in [0.2, 0.25) is 5.91 Å². The van der Waals surface area contributed by atoms with Crippen LogP contribution in [0.15, 0.2) is 30.3 Å². The van der Waals surface area contributed by atoms with Gasteiger partial charge in [-0.3, -0.25) is 14.1 Å². The zero-order chi connectivity index (χ0) is 18.9. The summed E-state index contributed by atoms with van der Waals surface area (Å²) < 4.78 is 34.8. The fourth-order valence-electron chi connectivity index (χ4n) is 3.12. The van der Waals surface area contributed by atoms with Crippen LogP contribution in [0.5, 0.6) is 0 Å². The fourth-order valence-corrected chi connectivity index (χ4v) is 3.50. The maximum absolute atomic E-state index is 12.4.